The highest BCUT2D eigenvalue weighted by atomic mass is 16.3. The van der Waals surface area contributed by atoms with Gasteiger partial charge in [0.25, 0.3) is 0 Å². The van der Waals surface area contributed by atoms with Crippen LogP contribution in [0.2, 0.25) is 0 Å². The monoisotopic (exact) mass is 233 g/mol. The molecule has 1 aliphatic carbocycles. The van der Waals surface area contributed by atoms with Crippen molar-refractivity contribution in [2.45, 2.75) is 32.3 Å². The van der Waals surface area contributed by atoms with Gasteiger partial charge in [-0.1, -0.05) is 31.2 Å². The molecule has 0 spiro atoms. The number of likely N-dealkylation sites (N-methyl/N-ethyl adjacent to an activating group) is 1. The molecule has 0 aromatic heterocycles. The summed E-state index contributed by atoms with van der Waals surface area (Å²) in [6, 6.07) is 8.32. The van der Waals surface area contributed by atoms with E-state index in [0.717, 1.165) is 31.0 Å². The van der Waals surface area contributed by atoms with Crippen LogP contribution in [0.25, 0.3) is 0 Å². The van der Waals surface area contributed by atoms with Crippen LogP contribution in [0.1, 0.15) is 37.0 Å². The fourth-order valence-corrected chi connectivity index (χ4v) is 2.19. The van der Waals surface area contributed by atoms with E-state index < -0.39 is 0 Å². The average Bonchev–Trinajstić information content (AvgIpc) is 3.12. The Bertz CT molecular complexity index is 342. The number of benzene rings is 1. The minimum atomic E-state index is -0.357. The van der Waals surface area contributed by atoms with Gasteiger partial charge in [-0.15, -0.1) is 0 Å². The molecule has 0 saturated heterocycles. The van der Waals surface area contributed by atoms with E-state index in [1.807, 2.05) is 0 Å². The minimum absolute atomic E-state index is 0.357. The zero-order valence-electron chi connectivity index (χ0n) is 10.9. The van der Waals surface area contributed by atoms with E-state index >= 15 is 0 Å². The lowest BCUT2D eigenvalue weighted by molar-refractivity contribution is 0.124. The lowest BCUT2D eigenvalue weighted by atomic mass is 10.1. The number of hydrogen-bond donors (Lipinski definition) is 1. The first-order valence-electron chi connectivity index (χ1n) is 6.64. The molecule has 0 heterocycles. The number of aryl methyl sites for hydroxylation is 1. The van der Waals surface area contributed by atoms with Gasteiger partial charge in [0.1, 0.15) is 0 Å². The fourth-order valence-electron chi connectivity index (χ4n) is 2.19. The van der Waals surface area contributed by atoms with E-state index in [0.29, 0.717) is 0 Å². The molecule has 94 valence electrons. The Morgan fingerprint density at radius 2 is 1.94 bits per heavy atom. The quantitative estimate of drug-likeness (QED) is 0.816. The molecule has 1 atom stereocenters. The van der Waals surface area contributed by atoms with Gasteiger partial charge in [0.2, 0.25) is 0 Å². The van der Waals surface area contributed by atoms with Gasteiger partial charge in [-0.2, -0.15) is 0 Å². The van der Waals surface area contributed by atoms with Gasteiger partial charge in [-0.25, -0.2) is 0 Å². The largest absolute Gasteiger partial charge is 0.387 e. The van der Waals surface area contributed by atoms with Gasteiger partial charge >= 0.3 is 0 Å². The van der Waals surface area contributed by atoms with Crippen LogP contribution in [-0.4, -0.2) is 30.1 Å². The Morgan fingerprint density at radius 1 is 1.29 bits per heavy atom. The van der Waals surface area contributed by atoms with Crippen LogP contribution in [0, 0.1) is 5.92 Å². The predicted octanol–water partition coefficient (Wildman–Crippen LogP) is 2.62. The first-order chi connectivity index (χ1) is 8.19. The molecule has 0 amide bonds. The number of aliphatic hydroxyl groups excluding tert-OH is 1. The second-order valence-corrected chi connectivity index (χ2v) is 5.28. The SMILES string of the molecule is CCc1ccc(C(O)CN(C)CC2CC2)cc1. The second kappa shape index (κ2) is 5.65. The lowest BCUT2D eigenvalue weighted by Crippen LogP contribution is -2.26. The second-order valence-electron chi connectivity index (χ2n) is 5.28. The van der Waals surface area contributed by atoms with Gasteiger partial charge in [0, 0.05) is 13.1 Å². The van der Waals surface area contributed by atoms with Crippen molar-refractivity contribution in [3.8, 4) is 0 Å². The summed E-state index contributed by atoms with van der Waals surface area (Å²) >= 11 is 0. The van der Waals surface area contributed by atoms with Crippen molar-refractivity contribution < 1.29 is 5.11 Å². The Hall–Kier alpha value is -0.860. The summed E-state index contributed by atoms with van der Waals surface area (Å²) in [6.07, 6.45) is 3.43. The van der Waals surface area contributed by atoms with Crippen LogP contribution in [0.4, 0.5) is 0 Å². The van der Waals surface area contributed by atoms with E-state index in [2.05, 4.69) is 43.1 Å². The molecular weight excluding hydrogens is 210 g/mol. The van der Waals surface area contributed by atoms with Gasteiger partial charge < -0.3 is 10.0 Å². The zero-order valence-corrected chi connectivity index (χ0v) is 10.9. The number of nitrogens with zero attached hydrogens (tertiary/aromatic N) is 1. The Labute approximate surface area is 104 Å². The Morgan fingerprint density at radius 3 is 2.47 bits per heavy atom. The highest BCUT2D eigenvalue weighted by molar-refractivity contribution is 5.24. The van der Waals surface area contributed by atoms with Crippen molar-refractivity contribution in [1.82, 2.24) is 4.90 Å². The average molecular weight is 233 g/mol. The number of hydrogen-bond acceptors (Lipinski definition) is 2. The van der Waals surface area contributed by atoms with Crippen LogP contribution in [0.5, 0.6) is 0 Å². The Balaban J connectivity index is 1.86. The van der Waals surface area contributed by atoms with Crippen molar-refractivity contribution in [1.29, 1.82) is 0 Å². The molecule has 0 aliphatic heterocycles. The molecule has 1 aromatic carbocycles. The molecule has 2 nitrogen and oxygen atoms in total. The maximum atomic E-state index is 10.1. The molecule has 1 aromatic rings. The summed E-state index contributed by atoms with van der Waals surface area (Å²) < 4.78 is 0. The van der Waals surface area contributed by atoms with Crippen LogP contribution in [0.15, 0.2) is 24.3 Å². The topological polar surface area (TPSA) is 23.5 Å². The molecule has 1 saturated carbocycles. The van der Waals surface area contributed by atoms with E-state index in [-0.39, 0.29) is 6.10 Å². The van der Waals surface area contributed by atoms with Crippen molar-refractivity contribution in [2.24, 2.45) is 5.92 Å². The van der Waals surface area contributed by atoms with E-state index in [1.165, 1.54) is 18.4 Å². The van der Waals surface area contributed by atoms with E-state index in [9.17, 15) is 5.11 Å². The highest BCUT2D eigenvalue weighted by Crippen LogP contribution is 2.29. The molecule has 1 aliphatic rings. The number of rotatable bonds is 6. The van der Waals surface area contributed by atoms with E-state index in [4.69, 9.17) is 0 Å². The molecule has 2 rings (SSSR count). The predicted molar refractivity (Wildman–Crippen MR) is 71.0 cm³/mol. The molecule has 0 bridgehead atoms. The standard InChI is InChI=1S/C15H23NO/c1-3-12-6-8-14(9-7-12)15(17)11-16(2)10-13-4-5-13/h6-9,13,15,17H,3-5,10-11H2,1-2H3. The minimum Gasteiger partial charge on any atom is -0.387 e. The first-order valence-corrected chi connectivity index (χ1v) is 6.64. The van der Waals surface area contributed by atoms with Crippen LogP contribution in [0.3, 0.4) is 0 Å². The van der Waals surface area contributed by atoms with Gasteiger partial charge in [0.05, 0.1) is 6.10 Å². The van der Waals surface area contributed by atoms with Crippen molar-refractivity contribution in [3.63, 3.8) is 0 Å². The molecule has 0 radical (unpaired) electrons. The first kappa shape index (κ1) is 12.6. The van der Waals surface area contributed by atoms with Crippen molar-refractivity contribution in [2.75, 3.05) is 20.1 Å². The molecule has 2 heteroatoms. The van der Waals surface area contributed by atoms with Crippen LogP contribution in [-0.2, 0) is 6.42 Å². The summed E-state index contributed by atoms with van der Waals surface area (Å²) in [7, 11) is 2.10. The van der Waals surface area contributed by atoms with Gasteiger partial charge in [0.15, 0.2) is 0 Å². The summed E-state index contributed by atoms with van der Waals surface area (Å²) in [5.74, 6) is 0.884. The zero-order chi connectivity index (χ0) is 12.3. The molecule has 1 N–H and O–H groups in total. The third-order valence-electron chi connectivity index (χ3n) is 3.52. The van der Waals surface area contributed by atoms with Crippen molar-refractivity contribution >= 4 is 0 Å². The molecule has 1 fully saturated rings. The summed E-state index contributed by atoms with van der Waals surface area (Å²) in [6.45, 7) is 4.01. The molecule has 17 heavy (non-hydrogen) atoms. The van der Waals surface area contributed by atoms with Crippen molar-refractivity contribution in [3.05, 3.63) is 35.4 Å². The third-order valence-corrected chi connectivity index (χ3v) is 3.52. The van der Waals surface area contributed by atoms with Gasteiger partial charge in [-0.3, -0.25) is 0 Å². The lowest BCUT2D eigenvalue weighted by Gasteiger charge is -2.20. The maximum Gasteiger partial charge on any atom is 0.0916 e. The summed E-state index contributed by atoms with van der Waals surface area (Å²) in [5.41, 5.74) is 2.36. The van der Waals surface area contributed by atoms with Crippen LogP contribution >= 0.6 is 0 Å². The van der Waals surface area contributed by atoms with Crippen LogP contribution < -0.4 is 0 Å². The Kier molecular flexibility index (Phi) is 4.19. The summed E-state index contributed by atoms with van der Waals surface area (Å²) in [4.78, 5) is 2.25. The molecule has 1 unspecified atom stereocenters. The smallest absolute Gasteiger partial charge is 0.0916 e. The summed E-state index contributed by atoms with van der Waals surface area (Å²) in [5, 5.41) is 10.1. The third kappa shape index (κ3) is 3.83. The molecular formula is C15H23NO. The van der Waals surface area contributed by atoms with E-state index in [1.54, 1.807) is 0 Å². The normalized spacial score (nSPS) is 17.4. The van der Waals surface area contributed by atoms with Gasteiger partial charge in [-0.05, 0) is 43.4 Å². The fraction of sp³-hybridized carbons (Fsp3) is 0.600. The maximum absolute atomic E-state index is 10.1. The number of aliphatic hydroxyl groups is 1. The highest BCUT2D eigenvalue weighted by Gasteiger charge is 2.23.